The molecule has 1 saturated heterocycles. The van der Waals surface area contributed by atoms with Crippen molar-refractivity contribution >= 4 is 17.9 Å². The van der Waals surface area contributed by atoms with Crippen molar-refractivity contribution in [3.05, 3.63) is 0 Å². The zero-order chi connectivity index (χ0) is 14.3. The van der Waals surface area contributed by atoms with Gasteiger partial charge in [-0.05, 0) is 18.8 Å². The number of carboxylic acid groups (broad SMARTS) is 1. The van der Waals surface area contributed by atoms with Gasteiger partial charge in [-0.2, -0.15) is 0 Å². The second-order valence-corrected chi connectivity index (χ2v) is 4.47. The summed E-state index contributed by atoms with van der Waals surface area (Å²) in [6.45, 7) is 1.80. The number of aliphatic carboxylic acids is 1. The highest BCUT2D eigenvalue weighted by Crippen LogP contribution is 2.12. The highest BCUT2D eigenvalue weighted by atomic mass is 16.5. The first-order chi connectivity index (χ1) is 8.99. The fraction of sp³-hybridized carbons (Fsp3) is 0.727. The Morgan fingerprint density at radius 2 is 1.95 bits per heavy atom. The number of amides is 3. The molecule has 1 atom stereocenters. The van der Waals surface area contributed by atoms with Crippen LogP contribution in [0.1, 0.15) is 19.3 Å². The molecule has 8 heteroatoms. The molecule has 0 aliphatic carbocycles. The summed E-state index contributed by atoms with van der Waals surface area (Å²) in [5.41, 5.74) is 4.91. The molecule has 0 radical (unpaired) electrons. The molecular formula is C11H19N3O5. The highest BCUT2D eigenvalue weighted by Gasteiger charge is 2.22. The quantitative estimate of drug-likeness (QED) is 0.495. The predicted octanol–water partition coefficient (Wildman–Crippen LogP) is -0.959. The Bertz CT molecular complexity index is 341. The molecule has 1 aliphatic heterocycles. The van der Waals surface area contributed by atoms with Gasteiger partial charge < -0.3 is 26.2 Å². The van der Waals surface area contributed by atoms with Crippen molar-refractivity contribution in [2.45, 2.75) is 25.3 Å². The van der Waals surface area contributed by atoms with Crippen LogP contribution >= 0.6 is 0 Å². The largest absolute Gasteiger partial charge is 0.480 e. The van der Waals surface area contributed by atoms with Gasteiger partial charge in [0.15, 0.2) is 0 Å². The third-order valence-corrected chi connectivity index (χ3v) is 2.90. The summed E-state index contributed by atoms with van der Waals surface area (Å²) >= 11 is 0. The topological polar surface area (TPSA) is 131 Å². The van der Waals surface area contributed by atoms with Crippen LogP contribution in [0.3, 0.4) is 0 Å². The summed E-state index contributed by atoms with van der Waals surface area (Å²) in [6.07, 6.45) is 1.30. The van der Waals surface area contributed by atoms with Crippen molar-refractivity contribution in [1.82, 2.24) is 10.6 Å². The Kier molecular flexibility index (Phi) is 6.07. The number of ether oxygens (including phenoxy) is 1. The lowest BCUT2D eigenvalue weighted by molar-refractivity contribution is -0.140. The molecule has 3 amide bonds. The Balaban J connectivity index is 2.31. The standard InChI is InChI=1S/C11H19N3O5/c12-9(15)5-8(10(16)17)14-11(18)13-6-7-1-3-19-4-2-7/h7-8H,1-6H2,(H2,12,15)(H,16,17)(H2,13,14,18)/t8-/m1/s1. The fourth-order valence-corrected chi connectivity index (χ4v) is 1.80. The minimum Gasteiger partial charge on any atom is -0.480 e. The molecular weight excluding hydrogens is 254 g/mol. The van der Waals surface area contributed by atoms with Crippen molar-refractivity contribution in [3.63, 3.8) is 0 Å². The van der Waals surface area contributed by atoms with Gasteiger partial charge >= 0.3 is 12.0 Å². The zero-order valence-corrected chi connectivity index (χ0v) is 10.6. The lowest BCUT2D eigenvalue weighted by atomic mass is 10.0. The van der Waals surface area contributed by atoms with E-state index in [9.17, 15) is 14.4 Å². The molecule has 19 heavy (non-hydrogen) atoms. The van der Waals surface area contributed by atoms with Gasteiger partial charge in [0, 0.05) is 19.8 Å². The molecule has 108 valence electrons. The minimum atomic E-state index is -1.30. The number of rotatable bonds is 6. The molecule has 1 heterocycles. The lowest BCUT2D eigenvalue weighted by Crippen LogP contribution is -2.48. The molecule has 0 saturated carbocycles. The van der Waals surface area contributed by atoms with E-state index in [1.165, 1.54) is 0 Å². The Morgan fingerprint density at radius 1 is 1.32 bits per heavy atom. The average Bonchev–Trinajstić information content (AvgIpc) is 2.36. The van der Waals surface area contributed by atoms with Crippen LogP contribution in [0.15, 0.2) is 0 Å². The van der Waals surface area contributed by atoms with E-state index >= 15 is 0 Å². The van der Waals surface area contributed by atoms with Gasteiger partial charge in [0.05, 0.1) is 6.42 Å². The van der Waals surface area contributed by atoms with Crippen LogP contribution in [-0.2, 0) is 14.3 Å². The smallest absolute Gasteiger partial charge is 0.326 e. The van der Waals surface area contributed by atoms with Crippen LogP contribution < -0.4 is 16.4 Å². The molecule has 0 aromatic heterocycles. The van der Waals surface area contributed by atoms with E-state index in [1.807, 2.05) is 0 Å². The van der Waals surface area contributed by atoms with E-state index in [0.29, 0.717) is 25.7 Å². The normalized spacial score (nSPS) is 17.5. The zero-order valence-electron chi connectivity index (χ0n) is 10.6. The maximum Gasteiger partial charge on any atom is 0.326 e. The summed E-state index contributed by atoms with van der Waals surface area (Å²) in [5, 5.41) is 13.6. The monoisotopic (exact) mass is 273 g/mol. The first-order valence-electron chi connectivity index (χ1n) is 6.12. The Morgan fingerprint density at radius 3 is 2.47 bits per heavy atom. The van der Waals surface area contributed by atoms with E-state index in [-0.39, 0.29) is 0 Å². The van der Waals surface area contributed by atoms with Crippen LogP contribution in [0, 0.1) is 5.92 Å². The van der Waals surface area contributed by atoms with E-state index in [2.05, 4.69) is 10.6 Å². The number of nitrogens with one attached hydrogen (secondary N) is 2. The second-order valence-electron chi connectivity index (χ2n) is 4.47. The number of carboxylic acids is 1. The average molecular weight is 273 g/mol. The van der Waals surface area contributed by atoms with Gasteiger partial charge in [0.1, 0.15) is 6.04 Å². The van der Waals surface area contributed by atoms with E-state index in [1.54, 1.807) is 0 Å². The third-order valence-electron chi connectivity index (χ3n) is 2.90. The fourth-order valence-electron chi connectivity index (χ4n) is 1.80. The maximum absolute atomic E-state index is 11.5. The van der Waals surface area contributed by atoms with Crippen molar-refractivity contribution in [3.8, 4) is 0 Å². The number of carbonyl (C=O) groups excluding carboxylic acids is 2. The molecule has 1 fully saturated rings. The SMILES string of the molecule is NC(=O)C[C@@H](NC(=O)NCC1CCOCC1)C(=O)O. The molecule has 0 aromatic carbocycles. The number of carbonyl (C=O) groups is 3. The minimum absolute atomic E-state index is 0.332. The summed E-state index contributed by atoms with van der Waals surface area (Å²) in [4.78, 5) is 33.0. The van der Waals surface area contributed by atoms with Crippen LogP contribution in [0.25, 0.3) is 0 Å². The number of nitrogens with two attached hydrogens (primary N) is 1. The first-order valence-corrected chi connectivity index (χ1v) is 6.12. The Labute approximate surface area is 110 Å². The number of primary amides is 1. The molecule has 1 aliphatic rings. The number of urea groups is 1. The van der Waals surface area contributed by atoms with Crippen molar-refractivity contribution in [2.75, 3.05) is 19.8 Å². The molecule has 0 bridgehead atoms. The van der Waals surface area contributed by atoms with E-state index < -0.39 is 30.4 Å². The molecule has 1 rings (SSSR count). The molecule has 8 nitrogen and oxygen atoms in total. The number of hydrogen-bond donors (Lipinski definition) is 4. The van der Waals surface area contributed by atoms with Crippen LogP contribution in [0.2, 0.25) is 0 Å². The molecule has 0 spiro atoms. The van der Waals surface area contributed by atoms with E-state index in [0.717, 1.165) is 12.8 Å². The van der Waals surface area contributed by atoms with Crippen LogP contribution in [0.4, 0.5) is 4.79 Å². The summed E-state index contributed by atoms with van der Waals surface area (Å²) < 4.78 is 5.19. The Hall–Kier alpha value is -1.83. The van der Waals surface area contributed by atoms with Crippen molar-refractivity contribution in [1.29, 1.82) is 0 Å². The molecule has 5 N–H and O–H groups in total. The highest BCUT2D eigenvalue weighted by molar-refractivity contribution is 5.87. The maximum atomic E-state index is 11.5. The summed E-state index contributed by atoms with van der Waals surface area (Å²) in [5.74, 6) is -1.74. The van der Waals surface area contributed by atoms with Gasteiger partial charge in [0.25, 0.3) is 0 Å². The van der Waals surface area contributed by atoms with Crippen molar-refractivity contribution < 1.29 is 24.2 Å². The van der Waals surface area contributed by atoms with Gasteiger partial charge in [-0.15, -0.1) is 0 Å². The summed E-state index contributed by atoms with van der Waals surface area (Å²) in [7, 11) is 0. The van der Waals surface area contributed by atoms with Gasteiger partial charge in [-0.1, -0.05) is 0 Å². The van der Waals surface area contributed by atoms with Crippen molar-refractivity contribution in [2.24, 2.45) is 11.7 Å². The second kappa shape index (κ2) is 7.57. The van der Waals surface area contributed by atoms with Gasteiger partial charge in [0.2, 0.25) is 5.91 Å². The molecule has 0 aromatic rings. The molecule has 0 unspecified atom stereocenters. The third kappa shape index (κ3) is 6.05. The first kappa shape index (κ1) is 15.2. The number of hydrogen-bond acceptors (Lipinski definition) is 4. The van der Waals surface area contributed by atoms with Crippen LogP contribution in [-0.4, -0.2) is 48.8 Å². The van der Waals surface area contributed by atoms with Crippen LogP contribution in [0.5, 0.6) is 0 Å². The predicted molar refractivity (Wildman–Crippen MR) is 65.3 cm³/mol. The van der Waals surface area contributed by atoms with E-state index in [4.69, 9.17) is 15.6 Å². The van der Waals surface area contributed by atoms with Gasteiger partial charge in [-0.25, -0.2) is 9.59 Å². The lowest BCUT2D eigenvalue weighted by Gasteiger charge is -2.22. The van der Waals surface area contributed by atoms with Gasteiger partial charge in [-0.3, -0.25) is 4.79 Å². The summed E-state index contributed by atoms with van der Waals surface area (Å²) in [6, 6.07) is -1.91.